The van der Waals surface area contributed by atoms with Gasteiger partial charge in [0.15, 0.2) is 0 Å². The predicted molar refractivity (Wildman–Crippen MR) is 90.5 cm³/mol. The van der Waals surface area contributed by atoms with Crippen LogP contribution in [0, 0.1) is 6.92 Å². The average Bonchev–Trinajstić information content (AvgIpc) is 2.49. The van der Waals surface area contributed by atoms with Crippen molar-refractivity contribution in [3.63, 3.8) is 0 Å². The molecule has 2 aromatic rings. The normalized spacial score (nSPS) is 10.7. The monoisotopic (exact) mass is 301 g/mol. The van der Waals surface area contributed by atoms with Gasteiger partial charge in [0, 0.05) is 31.3 Å². The number of methoxy groups -OCH3 is 1. The Hall–Kier alpha value is -2.14. The van der Waals surface area contributed by atoms with Gasteiger partial charge >= 0.3 is 0 Å². The first-order chi connectivity index (χ1) is 10.6. The summed E-state index contributed by atoms with van der Waals surface area (Å²) < 4.78 is 4.82. The van der Waals surface area contributed by atoms with Gasteiger partial charge in [-0.3, -0.25) is 4.79 Å². The van der Waals surface area contributed by atoms with E-state index in [1.54, 1.807) is 0 Å². The lowest BCUT2D eigenvalue weighted by Gasteiger charge is -2.21. The van der Waals surface area contributed by atoms with Gasteiger partial charge in [0.2, 0.25) is 5.91 Å². The summed E-state index contributed by atoms with van der Waals surface area (Å²) >= 11 is 0. The Balaban J connectivity index is 2.36. The minimum atomic E-state index is -0.160. The number of carbonyl (C=O) groups is 1. The molecule has 2 rings (SSSR count). The number of anilines is 2. The third-order valence-corrected chi connectivity index (χ3v) is 3.65. The highest BCUT2D eigenvalue weighted by Gasteiger charge is 2.09. The van der Waals surface area contributed by atoms with E-state index in [0.717, 1.165) is 41.1 Å². The van der Waals surface area contributed by atoms with Crippen molar-refractivity contribution in [2.75, 3.05) is 37.0 Å². The van der Waals surface area contributed by atoms with E-state index < -0.39 is 0 Å². The molecule has 5 heteroatoms. The molecular formula is C17H23N3O2. The molecule has 0 atom stereocenters. The molecule has 0 bridgehead atoms. The van der Waals surface area contributed by atoms with E-state index >= 15 is 0 Å². The number of rotatable bonds is 6. The SMILES string of the molecule is CCN(CC)c1cc(C)c2cc(NC(=O)COC)ccc2n1. The molecule has 22 heavy (non-hydrogen) atoms. The molecular weight excluding hydrogens is 278 g/mol. The number of fused-ring (bicyclic) bond motifs is 1. The van der Waals surface area contributed by atoms with Crippen LogP contribution in [0.2, 0.25) is 0 Å². The molecule has 0 aliphatic rings. The maximum atomic E-state index is 11.6. The molecule has 0 saturated heterocycles. The highest BCUT2D eigenvalue weighted by Crippen LogP contribution is 2.25. The fourth-order valence-corrected chi connectivity index (χ4v) is 2.49. The molecule has 0 saturated carbocycles. The maximum Gasteiger partial charge on any atom is 0.250 e. The van der Waals surface area contributed by atoms with Crippen LogP contribution in [0.1, 0.15) is 19.4 Å². The van der Waals surface area contributed by atoms with E-state index in [9.17, 15) is 4.79 Å². The third kappa shape index (κ3) is 3.54. The van der Waals surface area contributed by atoms with Crippen LogP contribution in [0.15, 0.2) is 24.3 Å². The van der Waals surface area contributed by atoms with Crippen LogP contribution in [-0.2, 0) is 9.53 Å². The van der Waals surface area contributed by atoms with Gasteiger partial charge < -0.3 is 15.0 Å². The van der Waals surface area contributed by atoms with Crippen LogP contribution in [0.4, 0.5) is 11.5 Å². The number of benzene rings is 1. The van der Waals surface area contributed by atoms with Crippen molar-refractivity contribution < 1.29 is 9.53 Å². The number of nitrogens with zero attached hydrogens (tertiary/aromatic N) is 2. The highest BCUT2D eigenvalue weighted by atomic mass is 16.5. The lowest BCUT2D eigenvalue weighted by molar-refractivity contribution is -0.119. The summed E-state index contributed by atoms with van der Waals surface area (Å²) in [6.07, 6.45) is 0. The Bertz CT molecular complexity index is 666. The van der Waals surface area contributed by atoms with Gasteiger partial charge in [0.25, 0.3) is 0 Å². The number of amides is 1. The van der Waals surface area contributed by atoms with Crippen LogP contribution in [-0.4, -0.2) is 37.7 Å². The Morgan fingerprint density at radius 1 is 1.27 bits per heavy atom. The predicted octanol–water partition coefficient (Wildman–Crippen LogP) is 2.97. The van der Waals surface area contributed by atoms with E-state index in [2.05, 4.69) is 37.1 Å². The van der Waals surface area contributed by atoms with Gasteiger partial charge in [-0.15, -0.1) is 0 Å². The van der Waals surface area contributed by atoms with E-state index in [4.69, 9.17) is 9.72 Å². The van der Waals surface area contributed by atoms with Gasteiger partial charge in [0.05, 0.1) is 5.52 Å². The first-order valence-corrected chi connectivity index (χ1v) is 7.54. The fraction of sp³-hybridized carbons (Fsp3) is 0.412. The van der Waals surface area contributed by atoms with Gasteiger partial charge in [-0.2, -0.15) is 0 Å². The summed E-state index contributed by atoms with van der Waals surface area (Å²) in [5.41, 5.74) is 2.84. The summed E-state index contributed by atoms with van der Waals surface area (Å²) in [6, 6.07) is 7.86. The van der Waals surface area contributed by atoms with E-state index in [-0.39, 0.29) is 12.5 Å². The fourth-order valence-electron chi connectivity index (χ4n) is 2.49. The molecule has 0 aliphatic carbocycles. The third-order valence-electron chi connectivity index (χ3n) is 3.65. The Morgan fingerprint density at radius 2 is 2.00 bits per heavy atom. The number of ether oxygens (including phenoxy) is 1. The van der Waals surface area contributed by atoms with Crippen LogP contribution >= 0.6 is 0 Å². The second-order valence-electron chi connectivity index (χ2n) is 5.18. The summed E-state index contributed by atoms with van der Waals surface area (Å²) in [5.74, 6) is 0.832. The number of aryl methyl sites for hydroxylation is 1. The minimum Gasteiger partial charge on any atom is -0.375 e. The molecule has 1 N–H and O–H groups in total. The minimum absolute atomic E-state index is 0.0518. The largest absolute Gasteiger partial charge is 0.375 e. The number of hydrogen-bond donors (Lipinski definition) is 1. The van der Waals surface area contributed by atoms with Crippen molar-refractivity contribution in [1.29, 1.82) is 0 Å². The number of pyridine rings is 1. The van der Waals surface area contributed by atoms with Crippen LogP contribution in [0.5, 0.6) is 0 Å². The zero-order valence-electron chi connectivity index (χ0n) is 13.6. The molecule has 0 fully saturated rings. The molecule has 118 valence electrons. The summed E-state index contributed by atoms with van der Waals surface area (Å²) in [7, 11) is 1.50. The number of carbonyl (C=O) groups excluding carboxylic acids is 1. The van der Waals surface area contributed by atoms with Crippen LogP contribution in [0.25, 0.3) is 10.9 Å². The molecule has 0 spiro atoms. The first kappa shape index (κ1) is 16.2. The van der Waals surface area contributed by atoms with Crippen molar-refractivity contribution in [2.45, 2.75) is 20.8 Å². The molecule has 1 aromatic carbocycles. The zero-order valence-corrected chi connectivity index (χ0v) is 13.6. The van der Waals surface area contributed by atoms with Gasteiger partial charge in [-0.25, -0.2) is 4.98 Å². The molecule has 5 nitrogen and oxygen atoms in total. The molecule has 0 radical (unpaired) electrons. The van der Waals surface area contributed by atoms with Gasteiger partial charge in [-0.1, -0.05) is 0 Å². The second-order valence-corrected chi connectivity index (χ2v) is 5.18. The standard InChI is InChI=1S/C17H23N3O2/c1-5-20(6-2)16-9-12(3)14-10-13(7-8-15(14)19-16)18-17(21)11-22-4/h7-10H,5-6,11H2,1-4H3,(H,18,21). The molecule has 0 aliphatic heterocycles. The van der Waals surface area contributed by atoms with Gasteiger partial charge in [-0.05, 0) is 50.6 Å². The maximum absolute atomic E-state index is 11.6. The molecule has 1 amide bonds. The molecule has 0 unspecified atom stereocenters. The van der Waals surface area contributed by atoms with E-state index in [0.29, 0.717) is 0 Å². The zero-order chi connectivity index (χ0) is 16.1. The number of nitrogens with one attached hydrogen (secondary N) is 1. The van der Waals surface area contributed by atoms with Crippen molar-refractivity contribution in [3.8, 4) is 0 Å². The van der Waals surface area contributed by atoms with Crippen LogP contribution < -0.4 is 10.2 Å². The topological polar surface area (TPSA) is 54.5 Å². The summed E-state index contributed by atoms with van der Waals surface area (Å²) in [6.45, 7) is 8.23. The van der Waals surface area contributed by atoms with Crippen molar-refractivity contribution in [3.05, 3.63) is 29.8 Å². The van der Waals surface area contributed by atoms with Crippen molar-refractivity contribution in [2.24, 2.45) is 0 Å². The summed E-state index contributed by atoms with van der Waals surface area (Å²) in [5, 5.41) is 3.87. The van der Waals surface area contributed by atoms with E-state index in [1.165, 1.54) is 7.11 Å². The lowest BCUT2D eigenvalue weighted by Crippen LogP contribution is -2.23. The second kappa shape index (κ2) is 7.22. The molecule has 1 aromatic heterocycles. The summed E-state index contributed by atoms with van der Waals surface area (Å²) in [4.78, 5) is 18.5. The quantitative estimate of drug-likeness (QED) is 0.891. The van der Waals surface area contributed by atoms with Gasteiger partial charge in [0.1, 0.15) is 12.4 Å². The Morgan fingerprint density at radius 3 is 2.64 bits per heavy atom. The van der Waals surface area contributed by atoms with Crippen LogP contribution in [0.3, 0.4) is 0 Å². The van der Waals surface area contributed by atoms with E-state index in [1.807, 2.05) is 18.2 Å². The first-order valence-electron chi connectivity index (χ1n) is 7.54. The molecule has 1 heterocycles. The lowest BCUT2D eigenvalue weighted by atomic mass is 10.1. The highest BCUT2D eigenvalue weighted by molar-refractivity contribution is 5.95. The smallest absolute Gasteiger partial charge is 0.250 e. The number of hydrogen-bond acceptors (Lipinski definition) is 4. The van der Waals surface area contributed by atoms with Crippen molar-refractivity contribution >= 4 is 28.3 Å². The number of aromatic nitrogens is 1. The Kier molecular flexibility index (Phi) is 5.33. The van der Waals surface area contributed by atoms with Crippen molar-refractivity contribution in [1.82, 2.24) is 4.98 Å². The Labute approximate surface area is 131 Å². The average molecular weight is 301 g/mol.